The highest BCUT2D eigenvalue weighted by atomic mass is 19.4. The Morgan fingerprint density at radius 2 is 2.06 bits per heavy atom. The summed E-state index contributed by atoms with van der Waals surface area (Å²) in [6.45, 7) is 0.857. The molecule has 2 aliphatic rings. The van der Waals surface area contributed by atoms with Crippen LogP contribution in [0.2, 0.25) is 0 Å². The molecule has 2 aromatic heterocycles. The fourth-order valence-electron chi connectivity index (χ4n) is 4.70. The fourth-order valence-corrected chi connectivity index (χ4v) is 4.70. The Morgan fingerprint density at radius 3 is 2.77 bits per heavy atom. The number of ether oxygens (including phenoxy) is 1. The Labute approximate surface area is 178 Å². The van der Waals surface area contributed by atoms with Crippen molar-refractivity contribution in [3.05, 3.63) is 24.0 Å². The maximum absolute atomic E-state index is 13.1. The van der Waals surface area contributed by atoms with E-state index in [4.69, 9.17) is 4.74 Å². The Hall–Kier alpha value is -2.33. The van der Waals surface area contributed by atoms with Crippen molar-refractivity contribution in [1.29, 1.82) is 0 Å². The molecule has 1 aliphatic carbocycles. The van der Waals surface area contributed by atoms with Crippen LogP contribution in [-0.4, -0.2) is 73.0 Å². The van der Waals surface area contributed by atoms with Gasteiger partial charge in [0.05, 0.1) is 31.1 Å². The van der Waals surface area contributed by atoms with Gasteiger partial charge in [-0.05, 0) is 44.2 Å². The van der Waals surface area contributed by atoms with Gasteiger partial charge in [0.1, 0.15) is 5.65 Å². The van der Waals surface area contributed by atoms with E-state index in [1.54, 1.807) is 18.2 Å². The number of carbonyl (C=O) groups is 1. The number of methoxy groups -OCH3 is 1. The number of nitrogens with one attached hydrogen (secondary N) is 2. The number of aromatic nitrogens is 2. The molecule has 4 rings (SSSR count). The molecule has 1 amide bonds. The van der Waals surface area contributed by atoms with Crippen molar-refractivity contribution in [2.75, 3.05) is 44.9 Å². The Morgan fingerprint density at radius 1 is 1.29 bits per heavy atom. The predicted octanol–water partition coefficient (Wildman–Crippen LogP) is 3.14. The number of halogens is 3. The van der Waals surface area contributed by atoms with Crippen LogP contribution in [0.3, 0.4) is 0 Å². The van der Waals surface area contributed by atoms with Crippen molar-refractivity contribution in [1.82, 2.24) is 20.2 Å². The third-order valence-electron chi connectivity index (χ3n) is 6.27. The number of rotatable bonds is 7. The van der Waals surface area contributed by atoms with Gasteiger partial charge in [0.15, 0.2) is 0 Å². The second-order valence-corrected chi connectivity index (χ2v) is 8.35. The van der Waals surface area contributed by atoms with Crippen molar-refractivity contribution in [2.45, 2.75) is 37.9 Å². The average Bonchev–Trinajstić information content (AvgIpc) is 3.22. The van der Waals surface area contributed by atoms with Gasteiger partial charge in [-0.15, -0.1) is 0 Å². The molecule has 2 aromatic rings. The van der Waals surface area contributed by atoms with Gasteiger partial charge in [-0.2, -0.15) is 13.2 Å². The van der Waals surface area contributed by atoms with Crippen LogP contribution < -0.4 is 10.2 Å². The molecule has 31 heavy (non-hydrogen) atoms. The van der Waals surface area contributed by atoms with E-state index in [0.29, 0.717) is 31.9 Å². The minimum Gasteiger partial charge on any atom is -0.383 e. The first-order chi connectivity index (χ1) is 14.9. The smallest absolute Gasteiger partial charge is 0.383 e. The van der Waals surface area contributed by atoms with Gasteiger partial charge in [-0.25, -0.2) is 4.98 Å². The van der Waals surface area contributed by atoms with Crippen LogP contribution >= 0.6 is 0 Å². The van der Waals surface area contributed by atoms with Gasteiger partial charge in [-0.1, -0.05) is 0 Å². The van der Waals surface area contributed by atoms with Crippen LogP contribution in [0.15, 0.2) is 18.5 Å². The zero-order chi connectivity index (χ0) is 22.0. The van der Waals surface area contributed by atoms with Gasteiger partial charge in [-0.3, -0.25) is 4.79 Å². The fraction of sp³-hybridized carbons (Fsp3) is 0.619. The minimum atomic E-state index is -4.18. The third kappa shape index (κ3) is 4.79. The number of carbonyl (C=O) groups excluding carboxylic acids is 1. The van der Waals surface area contributed by atoms with Crippen LogP contribution in [0.25, 0.3) is 11.0 Å². The summed E-state index contributed by atoms with van der Waals surface area (Å²) in [6, 6.07) is 2.16. The number of H-pyrrole nitrogens is 1. The number of aromatic amines is 1. The Kier molecular flexibility index (Phi) is 6.38. The molecule has 2 N–H and O–H groups in total. The van der Waals surface area contributed by atoms with Crippen LogP contribution in [-0.2, 0) is 4.74 Å². The maximum atomic E-state index is 13.1. The maximum Gasteiger partial charge on any atom is 0.401 e. The molecule has 10 heteroatoms. The third-order valence-corrected chi connectivity index (χ3v) is 6.27. The lowest BCUT2D eigenvalue weighted by atomic mass is 9.84. The van der Waals surface area contributed by atoms with E-state index >= 15 is 0 Å². The van der Waals surface area contributed by atoms with Crippen molar-refractivity contribution in [3.63, 3.8) is 0 Å². The summed E-state index contributed by atoms with van der Waals surface area (Å²) in [5.74, 6) is 0.183. The zero-order valence-corrected chi connectivity index (χ0v) is 17.5. The van der Waals surface area contributed by atoms with E-state index in [1.807, 2.05) is 12.3 Å². The molecule has 7 nitrogen and oxygen atoms in total. The van der Waals surface area contributed by atoms with Crippen LogP contribution in [0, 0.1) is 5.92 Å². The molecule has 1 aliphatic heterocycles. The lowest BCUT2D eigenvalue weighted by Crippen LogP contribution is -2.52. The van der Waals surface area contributed by atoms with E-state index < -0.39 is 12.7 Å². The number of anilines is 1. The first kappa shape index (κ1) is 21.9. The second-order valence-electron chi connectivity index (χ2n) is 8.35. The molecule has 0 atom stereocenters. The van der Waals surface area contributed by atoms with Gasteiger partial charge in [0, 0.05) is 37.5 Å². The van der Waals surface area contributed by atoms with Gasteiger partial charge >= 0.3 is 6.18 Å². The standard InChI is InChI=1S/C21H28F3N5O2/c1-31-9-8-28-13-29(15-4-2-14(3-5-15)10-25-12-21(22,23)24)18-16-6-7-26-19(16)27-11-17(18)20(28)30/h6-7,11,14-15,25H,2-5,8-10,12-13H2,1H3,(H,26,27). The van der Waals surface area contributed by atoms with E-state index in [-0.39, 0.29) is 17.9 Å². The molecule has 3 heterocycles. The summed E-state index contributed by atoms with van der Waals surface area (Å²) in [4.78, 5) is 24.6. The number of hydrogen-bond donors (Lipinski definition) is 2. The predicted molar refractivity (Wildman–Crippen MR) is 111 cm³/mol. The summed E-state index contributed by atoms with van der Waals surface area (Å²) < 4.78 is 42.4. The molecule has 0 aromatic carbocycles. The summed E-state index contributed by atoms with van der Waals surface area (Å²) in [5, 5.41) is 3.47. The summed E-state index contributed by atoms with van der Waals surface area (Å²) in [5.41, 5.74) is 2.24. The number of alkyl halides is 3. The molecule has 0 unspecified atom stereocenters. The molecule has 0 saturated heterocycles. The topological polar surface area (TPSA) is 73.5 Å². The van der Waals surface area contributed by atoms with E-state index in [2.05, 4.69) is 20.2 Å². The summed E-state index contributed by atoms with van der Waals surface area (Å²) >= 11 is 0. The molecule has 0 bridgehead atoms. The van der Waals surface area contributed by atoms with Crippen molar-refractivity contribution in [3.8, 4) is 0 Å². The quantitative estimate of drug-likeness (QED) is 0.694. The molecule has 1 fully saturated rings. The molecule has 170 valence electrons. The average molecular weight is 439 g/mol. The largest absolute Gasteiger partial charge is 0.401 e. The number of amides is 1. The lowest BCUT2D eigenvalue weighted by molar-refractivity contribution is -0.125. The number of hydrogen-bond acceptors (Lipinski definition) is 5. The Bertz CT molecular complexity index is 908. The second kappa shape index (κ2) is 9.04. The van der Waals surface area contributed by atoms with Gasteiger partial charge in [0.25, 0.3) is 5.91 Å². The summed E-state index contributed by atoms with van der Waals surface area (Å²) in [6.07, 6.45) is 2.74. The molecule has 0 radical (unpaired) electrons. The van der Waals surface area contributed by atoms with Crippen LogP contribution in [0.4, 0.5) is 18.9 Å². The molecular weight excluding hydrogens is 411 g/mol. The minimum absolute atomic E-state index is 0.0519. The number of pyridine rings is 1. The molecule has 1 saturated carbocycles. The normalized spacial score (nSPS) is 22.3. The lowest BCUT2D eigenvalue weighted by Gasteiger charge is -2.44. The van der Waals surface area contributed by atoms with E-state index in [9.17, 15) is 18.0 Å². The highest BCUT2D eigenvalue weighted by Gasteiger charge is 2.36. The summed E-state index contributed by atoms with van der Waals surface area (Å²) in [7, 11) is 1.61. The molecular formula is C21H28F3N5O2. The zero-order valence-electron chi connectivity index (χ0n) is 17.5. The van der Waals surface area contributed by atoms with Crippen LogP contribution in [0.5, 0.6) is 0 Å². The van der Waals surface area contributed by atoms with Gasteiger partial charge < -0.3 is 24.8 Å². The van der Waals surface area contributed by atoms with Gasteiger partial charge in [0.2, 0.25) is 0 Å². The highest BCUT2D eigenvalue weighted by Crippen LogP contribution is 2.38. The van der Waals surface area contributed by atoms with E-state index in [1.165, 1.54) is 0 Å². The monoisotopic (exact) mass is 439 g/mol. The Balaban J connectivity index is 1.50. The van der Waals surface area contributed by atoms with E-state index in [0.717, 1.165) is 42.4 Å². The van der Waals surface area contributed by atoms with Crippen molar-refractivity contribution >= 4 is 22.6 Å². The number of nitrogens with zero attached hydrogens (tertiary/aromatic N) is 3. The SMILES string of the molecule is COCCN1CN(C2CCC(CNCC(F)(F)F)CC2)c2c(cnc3[nH]ccc23)C1=O. The van der Waals surface area contributed by atoms with Crippen LogP contribution in [0.1, 0.15) is 36.0 Å². The first-order valence-corrected chi connectivity index (χ1v) is 10.7. The highest BCUT2D eigenvalue weighted by molar-refractivity contribution is 6.08. The first-order valence-electron chi connectivity index (χ1n) is 10.7. The van der Waals surface area contributed by atoms with Crippen molar-refractivity contribution in [2.24, 2.45) is 5.92 Å². The molecule has 0 spiro atoms. The number of fused-ring (bicyclic) bond motifs is 3. The van der Waals surface area contributed by atoms with Crippen molar-refractivity contribution < 1.29 is 22.7 Å².